The Morgan fingerprint density at radius 2 is 1.53 bits per heavy atom. The van der Waals surface area contributed by atoms with Crippen LogP contribution in [-0.2, 0) is 0 Å². The van der Waals surface area contributed by atoms with Crippen LogP contribution < -0.4 is 5.32 Å². The van der Waals surface area contributed by atoms with Crippen molar-refractivity contribution in [3.8, 4) is 0 Å². The molecule has 2 nitrogen and oxygen atoms in total. The Morgan fingerprint density at radius 1 is 0.867 bits per heavy atom. The zero-order valence-electron chi connectivity index (χ0n) is 9.80. The van der Waals surface area contributed by atoms with Crippen molar-refractivity contribution in [2.75, 3.05) is 6.54 Å². The summed E-state index contributed by atoms with van der Waals surface area (Å²) >= 11 is 0. The summed E-state index contributed by atoms with van der Waals surface area (Å²) in [6, 6.07) is 0. The van der Waals surface area contributed by atoms with Crippen LogP contribution in [0, 0.1) is 5.92 Å². The number of rotatable bonds is 1. The molecule has 1 atom stereocenters. The van der Waals surface area contributed by atoms with E-state index in [1.165, 1.54) is 57.8 Å². The predicted octanol–water partition coefficient (Wildman–Crippen LogP) is 2.81. The summed E-state index contributed by atoms with van der Waals surface area (Å²) in [4.78, 5) is 0. The Morgan fingerprint density at radius 3 is 2.27 bits per heavy atom. The molecule has 88 valence electrons. The van der Waals surface area contributed by atoms with E-state index in [0.717, 1.165) is 13.0 Å². The van der Waals surface area contributed by atoms with E-state index in [0.29, 0.717) is 5.92 Å². The van der Waals surface area contributed by atoms with Gasteiger partial charge in [0.15, 0.2) is 0 Å². The van der Waals surface area contributed by atoms with Crippen molar-refractivity contribution in [3.05, 3.63) is 0 Å². The Labute approximate surface area is 93.5 Å². The minimum Gasteiger partial charge on any atom is -0.376 e. The van der Waals surface area contributed by atoms with Gasteiger partial charge in [-0.3, -0.25) is 5.32 Å². The smallest absolute Gasteiger partial charge is 0.118 e. The van der Waals surface area contributed by atoms with E-state index < -0.39 is 5.72 Å². The van der Waals surface area contributed by atoms with Gasteiger partial charge in [0, 0.05) is 5.92 Å². The predicted molar refractivity (Wildman–Crippen MR) is 62.6 cm³/mol. The fraction of sp³-hybridized carbons (Fsp3) is 1.00. The van der Waals surface area contributed by atoms with Crippen LogP contribution in [0.25, 0.3) is 0 Å². The molecule has 0 bridgehead atoms. The zero-order valence-corrected chi connectivity index (χ0v) is 9.80. The lowest BCUT2D eigenvalue weighted by atomic mass is 9.85. The maximum Gasteiger partial charge on any atom is 0.118 e. The monoisotopic (exact) mass is 211 g/mol. The second kappa shape index (κ2) is 5.31. The van der Waals surface area contributed by atoms with E-state index in [1.807, 2.05) is 0 Å². The summed E-state index contributed by atoms with van der Waals surface area (Å²) in [6.45, 7) is 1.01. The van der Waals surface area contributed by atoms with Gasteiger partial charge in [0.2, 0.25) is 0 Å². The van der Waals surface area contributed by atoms with Crippen LogP contribution >= 0.6 is 0 Å². The van der Waals surface area contributed by atoms with Gasteiger partial charge in [0.25, 0.3) is 0 Å². The van der Waals surface area contributed by atoms with Gasteiger partial charge in [-0.05, 0) is 38.6 Å². The third-order valence-corrected chi connectivity index (χ3v) is 4.20. The molecule has 1 unspecified atom stereocenters. The number of hydrogen-bond donors (Lipinski definition) is 2. The van der Waals surface area contributed by atoms with Crippen molar-refractivity contribution >= 4 is 0 Å². The summed E-state index contributed by atoms with van der Waals surface area (Å²) < 4.78 is 0. The van der Waals surface area contributed by atoms with Crippen molar-refractivity contribution in [2.24, 2.45) is 5.92 Å². The van der Waals surface area contributed by atoms with Crippen LogP contribution in [0.4, 0.5) is 0 Å². The summed E-state index contributed by atoms with van der Waals surface area (Å²) in [7, 11) is 0. The second-order valence-corrected chi connectivity index (χ2v) is 5.35. The van der Waals surface area contributed by atoms with Crippen molar-refractivity contribution in [1.29, 1.82) is 0 Å². The Hall–Kier alpha value is -0.0800. The van der Waals surface area contributed by atoms with Gasteiger partial charge in [-0.2, -0.15) is 0 Å². The molecule has 1 saturated carbocycles. The van der Waals surface area contributed by atoms with Crippen molar-refractivity contribution < 1.29 is 5.11 Å². The summed E-state index contributed by atoms with van der Waals surface area (Å²) in [5.74, 6) is 0.512. The minimum atomic E-state index is -0.527. The molecule has 2 heteroatoms. The van der Waals surface area contributed by atoms with Crippen LogP contribution in [0.15, 0.2) is 0 Å². The molecular weight excluding hydrogens is 186 g/mol. The lowest BCUT2D eigenvalue weighted by Gasteiger charge is -2.36. The largest absolute Gasteiger partial charge is 0.376 e. The average molecular weight is 211 g/mol. The highest BCUT2D eigenvalue weighted by molar-refractivity contribution is 4.86. The Kier molecular flexibility index (Phi) is 4.04. The van der Waals surface area contributed by atoms with Gasteiger partial charge in [0.05, 0.1) is 0 Å². The Bertz CT molecular complexity index is 177. The van der Waals surface area contributed by atoms with E-state index in [4.69, 9.17) is 0 Å². The molecule has 15 heavy (non-hydrogen) atoms. The standard InChI is InChI=1S/C13H25NO/c15-13(10-6-3-7-11-14-13)12-8-4-1-2-5-9-12/h12,14-15H,1-11H2. The van der Waals surface area contributed by atoms with Crippen LogP contribution in [0.2, 0.25) is 0 Å². The van der Waals surface area contributed by atoms with Gasteiger partial charge < -0.3 is 5.11 Å². The van der Waals surface area contributed by atoms with Crippen LogP contribution in [-0.4, -0.2) is 17.4 Å². The number of nitrogens with one attached hydrogen (secondary N) is 1. The maximum atomic E-state index is 10.7. The third kappa shape index (κ3) is 2.94. The fourth-order valence-corrected chi connectivity index (χ4v) is 3.19. The fourth-order valence-electron chi connectivity index (χ4n) is 3.19. The highest BCUT2D eigenvalue weighted by Crippen LogP contribution is 2.34. The second-order valence-electron chi connectivity index (χ2n) is 5.35. The van der Waals surface area contributed by atoms with Gasteiger partial charge >= 0.3 is 0 Å². The normalized spacial score (nSPS) is 35.8. The molecule has 1 saturated heterocycles. The molecule has 2 N–H and O–H groups in total. The molecule has 2 rings (SSSR count). The van der Waals surface area contributed by atoms with Gasteiger partial charge in [-0.25, -0.2) is 0 Å². The molecule has 0 radical (unpaired) electrons. The number of hydrogen-bond acceptors (Lipinski definition) is 2. The van der Waals surface area contributed by atoms with Crippen LogP contribution in [0.1, 0.15) is 64.2 Å². The van der Waals surface area contributed by atoms with E-state index in [1.54, 1.807) is 0 Å². The van der Waals surface area contributed by atoms with E-state index in [2.05, 4.69) is 5.32 Å². The molecule has 0 spiro atoms. The maximum absolute atomic E-state index is 10.7. The highest BCUT2D eigenvalue weighted by atomic mass is 16.3. The van der Waals surface area contributed by atoms with Crippen molar-refractivity contribution in [1.82, 2.24) is 5.32 Å². The van der Waals surface area contributed by atoms with E-state index in [9.17, 15) is 5.11 Å². The van der Waals surface area contributed by atoms with E-state index >= 15 is 0 Å². The molecular formula is C13H25NO. The lowest BCUT2D eigenvalue weighted by molar-refractivity contribution is -0.0586. The third-order valence-electron chi connectivity index (χ3n) is 4.20. The van der Waals surface area contributed by atoms with Crippen molar-refractivity contribution in [2.45, 2.75) is 69.9 Å². The molecule has 0 amide bonds. The first-order chi connectivity index (χ1) is 7.31. The lowest BCUT2D eigenvalue weighted by Crippen LogP contribution is -2.50. The van der Waals surface area contributed by atoms with Crippen LogP contribution in [0.3, 0.4) is 0 Å². The van der Waals surface area contributed by atoms with Gasteiger partial charge in [-0.15, -0.1) is 0 Å². The first kappa shape index (κ1) is 11.4. The highest BCUT2D eigenvalue weighted by Gasteiger charge is 2.36. The molecule has 1 aliphatic carbocycles. The summed E-state index contributed by atoms with van der Waals surface area (Å²) in [5.41, 5.74) is -0.527. The molecule has 1 aliphatic heterocycles. The molecule has 0 aromatic heterocycles. The SMILES string of the molecule is OC1(C2CCCCCC2)CCCCCN1. The first-order valence-corrected chi connectivity index (χ1v) is 6.79. The summed E-state index contributed by atoms with van der Waals surface area (Å²) in [5, 5.41) is 14.1. The van der Waals surface area contributed by atoms with E-state index in [-0.39, 0.29) is 0 Å². The molecule has 1 heterocycles. The zero-order chi connectivity index (χ0) is 10.6. The van der Waals surface area contributed by atoms with Crippen LogP contribution in [0.5, 0.6) is 0 Å². The van der Waals surface area contributed by atoms with Gasteiger partial charge in [0.1, 0.15) is 5.72 Å². The van der Waals surface area contributed by atoms with Crippen molar-refractivity contribution in [3.63, 3.8) is 0 Å². The average Bonchev–Trinajstić information content (AvgIpc) is 2.60. The quantitative estimate of drug-likeness (QED) is 0.654. The molecule has 2 aliphatic rings. The summed E-state index contributed by atoms with van der Waals surface area (Å²) in [6.07, 6.45) is 12.5. The first-order valence-electron chi connectivity index (χ1n) is 6.79. The Balaban J connectivity index is 1.97. The molecule has 0 aromatic rings. The topological polar surface area (TPSA) is 32.3 Å². The van der Waals surface area contributed by atoms with Gasteiger partial charge in [-0.1, -0.05) is 32.1 Å². The minimum absolute atomic E-state index is 0.512. The molecule has 2 fully saturated rings. The number of aliphatic hydroxyl groups is 1. The molecule has 0 aromatic carbocycles.